The average Bonchev–Trinajstić information content (AvgIpc) is 2.98. The van der Waals surface area contributed by atoms with Gasteiger partial charge in [0, 0.05) is 25.7 Å². The molecule has 2 rings (SSSR count). The van der Waals surface area contributed by atoms with Gasteiger partial charge in [0.1, 0.15) is 0 Å². The molecule has 102 valence electrons. The molecular formula is C14H26N4. The van der Waals surface area contributed by atoms with E-state index in [1.54, 1.807) is 0 Å². The zero-order chi connectivity index (χ0) is 12.8. The number of aliphatic imine (C=N–C) groups is 1. The van der Waals surface area contributed by atoms with Gasteiger partial charge in [-0.2, -0.15) is 0 Å². The molecule has 0 radical (unpaired) electrons. The average molecular weight is 250 g/mol. The second-order valence-corrected chi connectivity index (χ2v) is 5.42. The Bertz CT molecular complexity index is 303. The number of likely N-dealkylation sites (tertiary alicyclic amines) is 1. The molecule has 0 aromatic rings. The van der Waals surface area contributed by atoms with Crippen molar-refractivity contribution < 1.29 is 0 Å². The van der Waals surface area contributed by atoms with Crippen LogP contribution in [0.1, 0.15) is 26.2 Å². The maximum absolute atomic E-state index is 4.73. The molecule has 0 amide bonds. The van der Waals surface area contributed by atoms with E-state index in [9.17, 15) is 0 Å². The number of hydrogen-bond donors (Lipinski definition) is 2. The first-order valence-corrected chi connectivity index (χ1v) is 7.16. The minimum atomic E-state index is 0.536. The van der Waals surface area contributed by atoms with Gasteiger partial charge in [0.15, 0.2) is 5.96 Å². The van der Waals surface area contributed by atoms with Gasteiger partial charge in [-0.25, -0.2) is 0 Å². The van der Waals surface area contributed by atoms with E-state index in [2.05, 4.69) is 41.7 Å². The van der Waals surface area contributed by atoms with E-state index in [4.69, 9.17) is 4.99 Å². The first-order valence-electron chi connectivity index (χ1n) is 7.16. The van der Waals surface area contributed by atoms with Crippen molar-refractivity contribution in [2.24, 2.45) is 10.9 Å². The zero-order valence-corrected chi connectivity index (χ0v) is 11.7. The van der Waals surface area contributed by atoms with Crippen molar-refractivity contribution in [1.82, 2.24) is 15.5 Å². The van der Waals surface area contributed by atoms with E-state index in [0.717, 1.165) is 37.8 Å². The van der Waals surface area contributed by atoms with Crippen LogP contribution >= 0.6 is 0 Å². The van der Waals surface area contributed by atoms with Gasteiger partial charge in [-0.3, -0.25) is 4.99 Å². The summed E-state index contributed by atoms with van der Waals surface area (Å²) < 4.78 is 0. The van der Waals surface area contributed by atoms with Gasteiger partial charge in [-0.15, -0.1) is 0 Å². The molecule has 4 heteroatoms. The molecule has 0 spiro atoms. The second-order valence-electron chi connectivity index (χ2n) is 5.42. The minimum absolute atomic E-state index is 0.536. The summed E-state index contributed by atoms with van der Waals surface area (Å²) in [7, 11) is 2.19. The maximum Gasteiger partial charge on any atom is 0.191 e. The van der Waals surface area contributed by atoms with Gasteiger partial charge in [0.2, 0.25) is 0 Å². The highest BCUT2D eigenvalue weighted by atomic mass is 15.2. The fourth-order valence-electron chi connectivity index (χ4n) is 2.64. The Labute approximate surface area is 111 Å². The molecule has 1 aliphatic carbocycles. The van der Waals surface area contributed by atoms with Gasteiger partial charge in [0.05, 0.1) is 0 Å². The van der Waals surface area contributed by atoms with Crippen molar-refractivity contribution in [3.05, 3.63) is 12.2 Å². The predicted molar refractivity (Wildman–Crippen MR) is 76.9 cm³/mol. The van der Waals surface area contributed by atoms with Crippen LogP contribution in [0.4, 0.5) is 0 Å². The van der Waals surface area contributed by atoms with Crippen LogP contribution < -0.4 is 10.6 Å². The van der Waals surface area contributed by atoms with Crippen LogP contribution in [0, 0.1) is 5.92 Å². The molecule has 1 atom stereocenters. The summed E-state index contributed by atoms with van der Waals surface area (Å²) in [6.07, 6.45) is 8.01. The summed E-state index contributed by atoms with van der Waals surface area (Å²) in [5, 5.41) is 6.86. The van der Waals surface area contributed by atoms with Gasteiger partial charge in [-0.1, -0.05) is 12.2 Å². The Morgan fingerprint density at radius 1 is 1.39 bits per heavy atom. The maximum atomic E-state index is 4.73. The molecule has 0 aromatic heterocycles. The first-order chi connectivity index (χ1) is 8.78. The van der Waals surface area contributed by atoms with Crippen LogP contribution in [-0.4, -0.2) is 50.1 Å². The molecule has 1 unspecified atom stereocenters. The Hall–Kier alpha value is -1.03. The Kier molecular flexibility index (Phi) is 5.05. The fourth-order valence-corrected chi connectivity index (χ4v) is 2.64. The number of guanidine groups is 1. The second kappa shape index (κ2) is 6.78. The number of hydrogen-bond acceptors (Lipinski definition) is 2. The highest BCUT2D eigenvalue weighted by molar-refractivity contribution is 5.80. The molecule has 18 heavy (non-hydrogen) atoms. The zero-order valence-electron chi connectivity index (χ0n) is 11.7. The van der Waals surface area contributed by atoms with Gasteiger partial charge in [0.25, 0.3) is 0 Å². The number of rotatable bonds is 4. The Balaban J connectivity index is 1.79. The normalized spacial score (nSPS) is 25.9. The molecule has 4 nitrogen and oxygen atoms in total. The van der Waals surface area contributed by atoms with E-state index in [-0.39, 0.29) is 0 Å². The van der Waals surface area contributed by atoms with E-state index in [0.29, 0.717) is 6.04 Å². The SMILES string of the molecule is CCNC(=NCC1CCN(C)C1)NC1CC=CC1. The van der Waals surface area contributed by atoms with Crippen LogP contribution in [0.3, 0.4) is 0 Å². The molecule has 1 aliphatic heterocycles. The third kappa shape index (κ3) is 4.02. The van der Waals surface area contributed by atoms with E-state index < -0.39 is 0 Å². The summed E-state index contributed by atoms with van der Waals surface area (Å²) in [6, 6.07) is 0.536. The lowest BCUT2D eigenvalue weighted by atomic mass is 10.1. The van der Waals surface area contributed by atoms with Crippen molar-refractivity contribution in [3.8, 4) is 0 Å². The lowest BCUT2D eigenvalue weighted by Crippen LogP contribution is -2.42. The monoisotopic (exact) mass is 250 g/mol. The lowest BCUT2D eigenvalue weighted by Gasteiger charge is -2.17. The first kappa shape index (κ1) is 13.4. The van der Waals surface area contributed by atoms with Gasteiger partial charge >= 0.3 is 0 Å². The van der Waals surface area contributed by atoms with E-state index >= 15 is 0 Å². The largest absolute Gasteiger partial charge is 0.357 e. The van der Waals surface area contributed by atoms with Crippen molar-refractivity contribution in [1.29, 1.82) is 0 Å². The van der Waals surface area contributed by atoms with Crippen LogP contribution in [0.15, 0.2) is 17.1 Å². The lowest BCUT2D eigenvalue weighted by molar-refractivity contribution is 0.397. The molecule has 0 saturated carbocycles. The summed E-state index contributed by atoms with van der Waals surface area (Å²) in [4.78, 5) is 7.12. The fraction of sp³-hybridized carbons (Fsp3) is 0.786. The summed E-state index contributed by atoms with van der Waals surface area (Å²) in [6.45, 7) is 6.40. The smallest absolute Gasteiger partial charge is 0.191 e. The predicted octanol–water partition coefficient (Wildman–Crippen LogP) is 1.21. The molecule has 0 bridgehead atoms. The molecule has 1 saturated heterocycles. The van der Waals surface area contributed by atoms with Crippen LogP contribution in [0.25, 0.3) is 0 Å². The molecule has 0 aromatic carbocycles. The number of nitrogens with one attached hydrogen (secondary N) is 2. The third-order valence-corrected chi connectivity index (χ3v) is 3.69. The highest BCUT2D eigenvalue weighted by Crippen LogP contribution is 2.14. The van der Waals surface area contributed by atoms with E-state index in [1.165, 1.54) is 19.5 Å². The quantitative estimate of drug-likeness (QED) is 0.448. The molecule has 2 N–H and O–H groups in total. The molecule has 1 heterocycles. The minimum Gasteiger partial charge on any atom is -0.357 e. The van der Waals surface area contributed by atoms with Crippen molar-refractivity contribution >= 4 is 5.96 Å². The molecule has 2 aliphatic rings. The summed E-state index contributed by atoms with van der Waals surface area (Å²) in [5.41, 5.74) is 0. The van der Waals surface area contributed by atoms with Crippen LogP contribution in [-0.2, 0) is 0 Å². The van der Waals surface area contributed by atoms with Crippen molar-refractivity contribution in [2.45, 2.75) is 32.2 Å². The van der Waals surface area contributed by atoms with Gasteiger partial charge < -0.3 is 15.5 Å². The Morgan fingerprint density at radius 3 is 2.78 bits per heavy atom. The van der Waals surface area contributed by atoms with Crippen LogP contribution in [0.2, 0.25) is 0 Å². The summed E-state index contributed by atoms with van der Waals surface area (Å²) in [5.74, 6) is 1.72. The van der Waals surface area contributed by atoms with Crippen molar-refractivity contribution in [3.63, 3.8) is 0 Å². The van der Waals surface area contributed by atoms with Crippen molar-refractivity contribution in [2.75, 3.05) is 33.2 Å². The van der Waals surface area contributed by atoms with Gasteiger partial charge in [-0.05, 0) is 45.7 Å². The standard InChI is InChI=1S/C14H26N4/c1-3-15-14(17-13-6-4-5-7-13)16-10-12-8-9-18(2)11-12/h4-5,12-13H,3,6-11H2,1-2H3,(H2,15,16,17). The molecule has 1 fully saturated rings. The molecular weight excluding hydrogens is 224 g/mol. The number of nitrogens with zero attached hydrogens (tertiary/aromatic N) is 2. The van der Waals surface area contributed by atoms with Crippen LogP contribution in [0.5, 0.6) is 0 Å². The third-order valence-electron chi connectivity index (χ3n) is 3.69. The highest BCUT2D eigenvalue weighted by Gasteiger charge is 2.19. The Morgan fingerprint density at radius 2 is 2.17 bits per heavy atom. The topological polar surface area (TPSA) is 39.7 Å². The van der Waals surface area contributed by atoms with E-state index in [1.807, 2.05) is 0 Å². The summed E-state index contributed by atoms with van der Waals surface area (Å²) >= 11 is 0.